The van der Waals surface area contributed by atoms with E-state index in [1.165, 1.54) is 0 Å². The number of amides is 2. The van der Waals surface area contributed by atoms with Crippen LogP contribution in [0.5, 0.6) is 0 Å². The van der Waals surface area contributed by atoms with Crippen molar-refractivity contribution in [1.29, 1.82) is 0 Å². The molecular formula is C12H14BrN3O2. The molecule has 5 nitrogen and oxygen atoms in total. The molecule has 0 radical (unpaired) electrons. The first-order valence-electron chi connectivity index (χ1n) is 5.67. The van der Waals surface area contributed by atoms with Crippen molar-refractivity contribution in [1.82, 2.24) is 10.3 Å². The molecule has 96 valence electrons. The Labute approximate surface area is 114 Å². The summed E-state index contributed by atoms with van der Waals surface area (Å²) in [6.07, 6.45) is 1.62. The van der Waals surface area contributed by atoms with Crippen molar-refractivity contribution in [3.8, 4) is 0 Å². The first kappa shape index (κ1) is 13.0. The number of halogens is 1. The normalized spacial score (nSPS) is 15.9. The molecule has 0 unspecified atom stereocenters. The van der Waals surface area contributed by atoms with Gasteiger partial charge in [0.25, 0.3) is 0 Å². The standard InChI is InChI=1S/C12H14BrN3O2/c13-11-3-1-10(2-4-11)9-14-15-12(17)16-5-7-18-8-6-16/h1-4,9H,5-8H2,(H,15,17). The van der Waals surface area contributed by atoms with Gasteiger partial charge >= 0.3 is 6.03 Å². The number of hydrazone groups is 1. The summed E-state index contributed by atoms with van der Waals surface area (Å²) in [6.45, 7) is 2.40. The fourth-order valence-electron chi connectivity index (χ4n) is 1.55. The minimum Gasteiger partial charge on any atom is -0.378 e. The highest BCUT2D eigenvalue weighted by Gasteiger charge is 2.15. The molecule has 1 aromatic carbocycles. The lowest BCUT2D eigenvalue weighted by Crippen LogP contribution is -2.44. The van der Waals surface area contributed by atoms with Gasteiger partial charge in [-0.2, -0.15) is 5.10 Å². The molecule has 1 aliphatic heterocycles. The number of nitrogens with zero attached hydrogens (tertiary/aromatic N) is 2. The second-order valence-corrected chi connectivity index (χ2v) is 4.74. The van der Waals surface area contributed by atoms with Crippen LogP contribution in [-0.2, 0) is 4.74 Å². The molecule has 2 rings (SSSR count). The molecule has 1 heterocycles. The summed E-state index contributed by atoms with van der Waals surface area (Å²) in [4.78, 5) is 13.4. The molecule has 0 aliphatic carbocycles. The fraction of sp³-hybridized carbons (Fsp3) is 0.333. The Hall–Kier alpha value is -1.40. The van der Waals surface area contributed by atoms with Gasteiger partial charge in [0, 0.05) is 17.6 Å². The lowest BCUT2D eigenvalue weighted by atomic mass is 10.2. The van der Waals surface area contributed by atoms with Gasteiger partial charge in [-0.3, -0.25) is 0 Å². The Balaban J connectivity index is 1.83. The van der Waals surface area contributed by atoms with Crippen molar-refractivity contribution in [2.45, 2.75) is 0 Å². The molecule has 0 spiro atoms. The van der Waals surface area contributed by atoms with Crippen molar-refractivity contribution in [2.75, 3.05) is 26.3 Å². The molecule has 0 atom stereocenters. The first-order chi connectivity index (χ1) is 8.75. The maximum absolute atomic E-state index is 11.7. The van der Waals surface area contributed by atoms with E-state index in [2.05, 4.69) is 26.5 Å². The van der Waals surface area contributed by atoms with E-state index in [-0.39, 0.29) is 6.03 Å². The predicted molar refractivity (Wildman–Crippen MR) is 72.7 cm³/mol. The van der Waals surface area contributed by atoms with Crippen LogP contribution in [0, 0.1) is 0 Å². The molecule has 1 aliphatic rings. The van der Waals surface area contributed by atoms with E-state index in [1.807, 2.05) is 24.3 Å². The molecule has 1 fully saturated rings. The van der Waals surface area contributed by atoms with Crippen molar-refractivity contribution >= 4 is 28.2 Å². The van der Waals surface area contributed by atoms with Crippen LogP contribution in [0.15, 0.2) is 33.8 Å². The Bertz CT molecular complexity index is 427. The lowest BCUT2D eigenvalue weighted by molar-refractivity contribution is 0.0533. The molecule has 1 aromatic rings. The highest BCUT2D eigenvalue weighted by Crippen LogP contribution is 2.08. The van der Waals surface area contributed by atoms with Gasteiger partial charge in [-0.1, -0.05) is 28.1 Å². The first-order valence-corrected chi connectivity index (χ1v) is 6.46. The summed E-state index contributed by atoms with van der Waals surface area (Å²) in [5.74, 6) is 0. The molecule has 6 heteroatoms. The smallest absolute Gasteiger partial charge is 0.337 e. The van der Waals surface area contributed by atoms with Crippen LogP contribution in [0.4, 0.5) is 4.79 Å². The highest BCUT2D eigenvalue weighted by molar-refractivity contribution is 9.10. The number of benzene rings is 1. The minimum absolute atomic E-state index is 0.188. The van der Waals surface area contributed by atoms with Gasteiger partial charge in [0.05, 0.1) is 19.4 Å². The zero-order valence-electron chi connectivity index (χ0n) is 9.80. The van der Waals surface area contributed by atoms with Crippen LogP contribution >= 0.6 is 15.9 Å². The van der Waals surface area contributed by atoms with E-state index in [1.54, 1.807) is 11.1 Å². The topological polar surface area (TPSA) is 53.9 Å². The number of carbonyl (C=O) groups excluding carboxylic acids is 1. The summed E-state index contributed by atoms with van der Waals surface area (Å²) in [6, 6.07) is 7.48. The third kappa shape index (κ3) is 3.82. The molecule has 1 N–H and O–H groups in total. The van der Waals surface area contributed by atoms with Crippen molar-refractivity contribution < 1.29 is 9.53 Å². The summed E-state index contributed by atoms with van der Waals surface area (Å²) in [5.41, 5.74) is 3.44. The maximum atomic E-state index is 11.7. The fourth-order valence-corrected chi connectivity index (χ4v) is 1.81. The largest absolute Gasteiger partial charge is 0.378 e. The third-order valence-electron chi connectivity index (χ3n) is 2.54. The van der Waals surface area contributed by atoms with Crippen LogP contribution in [-0.4, -0.2) is 43.4 Å². The maximum Gasteiger partial charge on any atom is 0.337 e. The van der Waals surface area contributed by atoms with Gasteiger partial charge < -0.3 is 9.64 Å². The van der Waals surface area contributed by atoms with Crippen molar-refractivity contribution in [3.63, 3.8) is 0 Å². The van der Waals surface area contributed by atoms with E-state index < -0.39 is 0 Å². The molecule has 18 heavy (non-hydrogen) atoms. The van der Waals surface area contributed by atoms with Crippen LogP contribution in [0.2, 0.25) is 0 Å². The SMILES string of the molecule is O=C(NN=Cc1ccc(Br)cc1)N1CCOCC1. The van der Waals surface area contributed by atoms with Crippen LogP contribution in [0.3, 0.4) is 0 Å². The third-order valence-corrected chi connectivity index (χ3v) is 3.07. The summed E-state index contributed by atoms with van der Waals surface area (Å²) < 4.78 is 6.18. The van der Waals surface area contributed by atoms with Gasteiger partial charge in [0.15, 0.2) is 0 Å². The Morgan fingerprint density at radius 3 is 2.67 bits per heavy atom. The number of nitrogens with one attached hydrogen (secondary N) is 1. The lowest BCUT2D eigenvalue weighted by Gasteiger charge is -2.25. The molecule has 0 bridgehead atoms. The Morgan fingerprint density at radius 1 is 1.33 bits per heavy atom. The average Bonchev–Trinajstić information content (AvgIpc) is 2.42. The van der Waals surface area contributed by atoms with Crippen LogP contribution < -0.4 is 5.43 Å². The number of carbonyl (C=O) groups is 1. The quantitative estimate of drug-likeness (QED) is 0.669. The number of rotatable bonds is 2. The number of ether oxygens (including phenoxy) is 1. The molecule has 0 aromatic heterocycles. The average molecular weight is 312 g/mol. The number of morpholine rings is 1. The Morgan fingerprint density at radius 2 is 2.00 bits per heavy atom. The van der Waals surface area contributed by atoms with Gasteiger partial charge in [-0.25, -0.2) is 10.2 Å². The van der Waals surface area contributed by atoms with Gasteiger partial charge in [-0.15, -0.1) is 0 Å². The molecule has 2 amide bonds. The molecular weight excluding hydrogens is 298 g/mol. The summed E-state index contributed by atoms with van der Waals surface area (Å²) >= 11 is 3.36. The van der Waals surface area contributed by atoms with E-state index in [9.17, 15) is 4.79 Å². The number of urea groups is 1. The predicted octanol–water partition coefficient (Wildman–Crippen LogP) is 1.82. The van der Waals surface area contributed by atoms with E-state index in [0.29, 0.717) is 26.3 Å². The summed E-state index contributed by atoms with van der Waals surface area (Å²) in [7, 11) is 0. The van der Waals surface area contributed by atoms with E-state index >= 15 is 0 Å². The second-order valence-electron chi connectivity index (χ2n) is 3.83. The summed E-state index contributed by atoms with van der Waals surface area (Å²) in [5, 5.41) is 3.92. The second kappa shape index (κ2) is 6.51. The number of hydrogen-bond donors (Lipinski definition) is 1. The van der Waals surface area contributed by atoms with Gasteiger partial charge in [0.2, 0.25) is 0 Å². The zero-order valence-corrected chi connectivity index (χ0v) is 11.4. The van der Waals surface area contributed by atoms with Crippen LogP contribution in [0.25, 0.3) is 0 Å². The molecule has 1 saturated heterocycles. The highest BCUT2D eigenvalue weighted by atomic mass is 79.9. The Kier molecular flexibility index (Phi) is 4.72. The zero-order chi connectivity index (χ0) is 12.8. The monoisotopic (exact) mass is 311 g/mol. The van der Waals surface area contributed by atoms with Crippen molar-refractivity contribution in [2.24, 2.45) is 5.10 Å². The minimum atomic E-state index is -0.188. The van der Waals surface area contributed by atoms with Gasteiger partial charge in [0.1, 0.15) is 0 Å². The number of hydrogen-bond acceptors (Lipinski definition) is 3. The molecule has 0 saturated carbocycles. The van der Waals surface area contributed by atoms with E-state index in [0.717, 1.165) is 10.0 Å². The van der Waals surface area contributed by atoms with Crippen molar-refractivity contribution in [3.05, 3.63) is 34.3 Å². The van der Waals surface area contributed by atoms with Crippen LogP contribution in [0.1, 0.15) is 5.56 Å². The van der Waals surface area contributed by atoms with E-state index in [4.69, 9.17) is 4.74 Å². The van der Waals surface area contributed by atoms with Gasteiger partial charge in [-0.05, 0) is 17.7 Å².